The van der Waals surface area contributed by atoms with Gasteiger partial charge in [0.15, 0.2) is 0 Å². The van der Waals surface area contributed by atoms with Crippen molar-refractivity contribution in [2.24, 2.45) is 5.92 Å². The minimum absolute atomic E-state index is 0.0267. The number of likely N-dealkylation sites (tertiary alicyclic amines) is 1. The van der Waals surface area contributed by atoms with Gasteiger partial charge < -0.3 is 15.0 Å². The van der Waals surface area contributed by atoms with Gasteiger partial charge in [0.2, 0.25) is 5.91 Å². The van der Waals surface area contributed by atoms with E-state index in [-0.39, 0.29) is 23.8 Å². The largest absolute Gasteiger partial charge is 0.368 e. The molecule has 0 spiro atoms. The van der Waals surface area contributed by atoms with Gasteiger partial charge >= 0.3 is 0 Å². The lowest BCUT2D eigenvalue weighted by Gasteiger charge is -2.32. The maximum absolute atomic E-state index is 12.4. The van der Waals surface area contributed by atoms with E-state index >= 15 is 0 Å². The molecule has 0 bridgehead atoms. The van der Waals surface area contributed by atoms with Crippen LogP contribution in [0.2, 0.25) is 0 Å². The maximum atomic E-state index is 12.4. The van der Waals surface area contributed by atoms with Crippen LogP contribution < -0.4 is 5.32 Å². The number of thiophene rings is 1. The van der Waals surface area contributed by atoms with Crippen molar-refractivity contribution in [3.05, 3.63) is 21.4 Å². The fourth-order valence-electron chi connectivity index (χ4n) is 3.61. The van der Waals surface area contributed by atoms with Crippen LogP contribution in [0.15, 0.2) is 5.38 Å². The van der Waals surface area contributed by atoms with Gasteiger partial charge in [0.25, 0.3) is 5.91 Å². The normalized spacial score (nSPS) is 21.5. The molecule has 0 saturated carbocycles. The van der Waals surface area contributed by atoms with Crippen molar-refractivity contribution in [3.8, 4) is 0 Å². The maximum Gasteiger partial charge on any atom is 0.251 e. The Morgan fingerprint density at radius 1 is 1.28 bits per heavy atom. The summed E-state index contributed by atoms with van der Waals surface area (Å²) >= 11 is 1.77. The first-order valence-electron chi connectivity index (χ1n) is 9.28. The van der Waals surface area contributed by atoms with E-state index < -0.39 is 0 Å². The molecule has 3 rings (SSSR count). The van der Waals surface area contributed by atoms with E-state index in [2.05, 4.69) is 24.5 Å². The zero-order chi connectivity index (χ0) is 17.8. The molecule has 1 N–H and O–H groups in total. The Hall–Kier alpha value is -1.40. The van der Waals surface area contributed by atoms with Crippen LogP contribution in [0.3, 0.4) is 0 Å². The average Bonchev–Trinajstić information content (AvgIpc) is 3.27. The quantitative estimate of drug-likeness (QED) is 0.873. The van der Waals surface area contributed by atoms with Gasteiger partial charge in [-0.2, -0.15) is 0 Å². The number of nitrogens with one attached hydrogen (secondary N) is 1. The van der Waals surface area contributed by atoms with Crippen LogP contribution in [0.1, 0.15) is 41.7 Å². The molecule has 2 saturated heterocycles. The first kappa shape index (κ1) is 18.4. The van der Waals surface area contributed by atoms with E-state index in [0.717, 1.165) is 32.1 Å². The Kier molecular flexibility index (Phi) is 6.12. The molecule has 3 heterocycles. The van der Waals surface area contributed by atoms with Crippen molar-refractivity contribution in [2.75, 3.05) is 26.2 Å². The molecular formula is C19H28N2O3S. The lowest BCUT2D eigenvalue weighted by Crippen LogP contribution is -2.46. The number of carbonyl (C=O) groups excluding carboxylic acids is 2. The van der Waals surface area contributed by atoms with E-state index in [0.29, 0.717) is 26.2 Å². The molecule has 6 heteroatoms. The summed E-state index contributed by atoms with van der Waals surface area (Å²) in [7, 11) is 0. The molecule has 2 amide bonds. The zero-order valence-electron chi connectivity index (χ0n) is 15.2. The lowest BCUT2D eigenvalue weighted by atomic mass is 9.95. The van der Waals surface area contributed by atoms with E-state index in [1.165, 1.54) is 16.0 Å². The van der Waals surface area contributed by atoms with E-state index in [4.69, 9.17) is 4.74 Å². The summed E-state index contributed by atoms with van der Waals surface area (Å²) in [6.45, 7) is 6.99. The lowest BCUT2D eigenvalue weighted by molar-refractivity contribution is -0.143. The van der Waals surface area contributed by atoms with Crippen LogP contribution in [0, 0.1) is 19.8 Å². The second kappa shape index (κ2) is 8.32. The summed E-state index contributed by atoms with van der Waals surface area (Å²) in [4.78, 5) is 27.9. The molecule has 2 fully saturated rings. The number of piperidine rings is 1. The third-order valence-corrected chi connectivity index (χ3v) is 6.53. The van der Waals surface area contributed by atoms with Gasteiger partial charge in [0.05, 0.1) is 0 Å². The van der Waals surface area contributed by atoms with Gasteiger partial charge in [0, 0.05) is 37.0 Å². The van der Waals surface area contributed by atoms with Crippen molar-refractivity contribution in [2.45, 2.75) is 52.1 Å². The van der Waals surface area contributed by atoms with Crippen molar-refractivity contribution in [1.82, 2.24) is 10.2 Å². The molecule has 0 aliphatic carbocycles. The molecule has 0 unspecified atom stereocenters. The molecule has 5 nitrogen and oxygen atoms in total. The van der Waals surface area contributed by atoms with Crippen LogP contribution in [-0.4, -0.2) is 49.1 Å². The topological polar surface area (TPSA) is 58.6 Å². The predicted molar refractivity (Wildman–Crippen MR) is 98.8 cm³/mol. The highest BCUT2D eigenvalue weighted by Gasteiger charge is 2.32. The summed E-state index contributed by atoms with van der Waals surface area (Å²) in [5.74, 6) is 0.271. The Morgan fingerprint density at radius 2 is 2.04 bits per heavy atom. The first-order valence-corrected chi connectivity index (χ1v) is 10.2. The summed E-state index contributed by atoms with van der Waals surface area (Å²) < 4.78 is 5.48. The van der Waals surface area contributed by atoms with Gasteiger partial charge in [0.1, 0.15) is 6.10 Å². The summed E-state index contributed by atoms with van der Waals surface area (Å²) in [6.07, 6.45) is 3.95. The van der Waals surface area contributed by atoms with Crippen LogP contribution in [-0.2, 0) is 20.7 Å². The minimum atomic E-state index is -0.248. The molecule has 1 atom stereocenters. The van der Waals surface area contributed by atoms with Gasteiger partial charge in [-0.15, -0.1) is 11.3 Å². The zero-order valence-corrected chi connectivity index (χ0v) is 16.0. The smallest absolute Gasteiger partial charge is 0.251 e. The van der Waals surface area contributed by atoms with Gasteiger partial charge in [-0.05, 0) is 62.5 Å². The second-order valence-corrected chi connectivity index (χ2v) is 8.17. The van der Waals surface area contributed by atoms with Crippen LogP contribution in [0.4, 0.5) is 0 Å². The number of amides is 2. The average molecular weight is 365 g/mol. The predicted octanol–water partition coefficient (Wildman–Crippen LogP) is 2.44. The highest BCUT2D eigenvalue weighted by Crippen LogP contribution is 2.22. The summed E-state index contributed by atoms with van der Waals surface area (Å²) in [5, 5.41) is 5.26. The molecule has 0 radical (unpaired) electrons. The molecule has 2 aliphatic rings. The fraction of sp³-hybridized carbons (Fsp3) is 0.684. The van der Waals surface area contributed by atoms with E-state index in [9.17, 15) is 9.59 Å². The number of ether oxygens (including phenoxy) is 1. The molecule has 2 aliphatic heterocycles. The Morgan fingerprint density at radius 3 is 2.64 bits per heavy atom. The Labute approximate surface area is 153 Å². The van der Waals surface area contributed by atoms with Crippen LogP contribution in [0.5, 0.6) is 0 Å². The first-order chi connectivity index (χ1) is 12.1. The summed E-state index contributed by atoms with van der Waals surface area (Å²) in [5.41, 5.74) is 2.68. The molecule has 1 aromatic heterocycles. The Balaban J connectivity index is 1.39. The standard InChI is InChI=1S/C19H28N2O3S/c1-13-14(2)25-12-16(13)5-8-20-18(22)15-6-9-21(10-7-15)19(23)17-4-3-11-24-17/h12,15,17H,3-11H2,1-2H3,(H,20,22)/t17-/m1/s1. The fourth-order valence-corrected chi connectivity index (χ4v) is 4.53. The highest BCUT2D eigenvalue weighted by atomic mass is 32.1. The monoisotopic (exact) mass is 364 g/mol. The molecule has 25 heavy (non-hydrogen) atoms. The van der Waals surface area contributed by atoms with Crippen molar-refractivity contribution in [1.29, 1.82) is 0 Å². The SMILES string of the molecule is Cc1scc(CCNC(=O)C2CCN(C(=O)[C@H]3CCCO3)CC2)c1C. The van der Waals surface area contributed by atoms with Gasteiger partial charge in [-0.3, -0.25) is 9.59 Å². The van der Waals surface area contributed by atoms with Crippen LogP contribution >= 0.6 is 11.3 Å². The Bertz CT molecular complexity index is 614. The second-order valence-electron chi connectivity index (χ2n) is 7.08. The van der Waals surface area contributed by atoms with Gasteiger partial charge in [-0.1, -0.05) is 0 Å². The number of hydrogen-bond acceptors (Lipinski definition) is 4. The van der Waals surface area contributed by atoms with E-state index in [1.54, 1.807) is 11.3 Å². The molecule has 138 valence electrons. The third kappa shape index (κ3) is 4.42. The highest BCUT2D eigenvalue weighted by molar-refractivity contribution is 7.10. The van der Waals surface area contributed by atoms with Crippen molar-refractivity contribution >= 4 is 23.2 Å². The van der Waals surface area contributed by atoms with Gasteiger partial charge in [-0.25, -0.2) is 0 Å². The number of nitrogens with zero attached hydrogens (tertiary/aromatic N) is 1. The summed E-state index contributed by atoms with van der Waals surface area (Å²) in [6, 6.07) is 0. The third-order valence-electron chi connectivity index (χ3n) is 5.46. The van der Waals surface area contributed by atoms with Crippen LogP contribution in [0.25, 0.3) is 0 Å². The number of aryl methyl sites for hydroxylation is 1. The number of rotatable bonds is 5. The number of carbonyl (C=O) groups is 2. The van der Waals surface area contributed by atoms with Crippen molar-refractivity contribution in [3.63, 3.8) is 0 Å². The molecular weight excluding hydrogens is 336 g/mol. The van der Waals surface area contributed by atoms with E-state index in [1.807, 2.05) is 4.90 Å². The number of hydrogen-bond donors (Lipinski definition) is 1. The minimum Gasteiger partial charge on any atom is -0.368 e. The molecule has 1 aromatic rings. The molecule has 0 aromatic carbocycles. The van der Waals surface area contributed by atoms with Crippen molar-refractivity contribution < 1.29 is 14.3 Å².